The van der Waals surface area contributed by atoms with E-state index in [2.05, 4.69) is 4.98 Å². The van der Waals surface area contributed by atoms with E-state index in [1.54, 1.807) is 44.8 Å². The lowest BCUT2D eigenvalue weighted by molar-refractivity contribution is -0.119. The van der Waals surface area contributed by atoms with E-state index in [1.165, 1.54) is 6.07 Å². The first-order chi connectivity index (χ1) is 18.0. The summed E-state index contributed by atoms with van der Waals surface area (Å²) in [7, 11) is 3.14. The van der Waals surface area contributed by atoms with Gasteiger partial charge in [-0.2, -0.15) is 0 Å². The topological polar surface area (TPSA) is 65.5 Å². The Balaban J connectivity index is 1.20. The Bertz CT molecular complexity index is 1480. The summed E-state index contributed by atoms with van der Waals surface area (Å²) >= 11 is 0. The Labute approximate surface area is 215 Å². The number of fused-ring (bicyclic) bond motifs is 1. The van der Waals surface area contributed by atoms with Crippen LogP contribution in [0.4, 0.5) is 4.39 Å². The first-order valence-corrected chi connectivity index (χ1v) is 12.4. The number of nitrogens with zero attached hydrogens (tertiary/aromatic N) is 1. The van der Waals surface area contributed by atoms with Crippen molar-refractivity contribution in [2.24, 2.45) is 5.92 Å². The monoisotopic (exact) mass is 497 g/mol. The van der Waals surface area contributed by atoms with Crippen LogP contribution in [0.5, 0.6) is 11.5 Å². The van der Waals surface area contributed by atoms with Gasteiger partial charge in [0.15, 0.2) is 5.78 Å². The Kier molecular flexibility index (Phi) is 6.99. The normalized spacial score (nSPS) is 16.4. The molecule has 0 N–H and O–H groups in total. The van der Waals surface area contributed by atoms with Crippen LogP contribution in [0.2, 0.25) is 0 Å². The molecule has 1 saturated carbocycles. The molecule has 1 aliphatic carbocycles. The molecule has 0 aliphatic heterocycles. The van der Waals surface area contributed by atoms with Gasteiger partial charge in [0.1, 0.15) is 23.1 Å². The summed E-state index contributed by atoms with van der Waals surface area (Å²) in [5, 5.41) is 2.09. The molecular formula is C31H28FNO4. The molecule has 3 aromatic carbocycles. The van der Waals surface area contributed by atoms with E-state index >= 15 is 0 Å². The third kappa shape index (κ3) is 5.38. The van der Waals surface area contributed by atoms with Crippen LogP contribution in [0.25, 0.3) is 10.8 Å². The van der Waals surface area contributed by atoms with Gasteiger partial charge in [0.2, 0.25) is 0 Å². The number of benzene rings is 3. The Morgan fingerprint density at radius 2 is 1.84 bits per heavy atom. The summed E-state index contributed by atoms with van der Waals surface area (Å²) in [6.07, 6.45) is 5.19. The molecule has 37 heavy (non-hydrogen) atoms. The summed E-state index contributed by atoms with van der Waals surface area (Å²) in [6.45, 7) is 0. The maximum Gasteiger partial charge on any atom is 0.166 e. The van der Waals surface area contributed by atoms with Crippen molar-refractivity contribution in [1.29, 1.82) is 0 Å². The lowest BCUT2D eigenvalue weighted by atomic mass is 9.98. The van der Waals surface area contributed by atoms with E-state index in [4.69, 9.17) is 9.47 Å². The predicted molar refractivity (Wildman–Crippen MR) is 140 cm³/mol. The molecule has 0 amide bonds. The second-order valence-corrected chi connectivity index (χ2v) is 9.49. The van der Waals surface area contributed by atoms with Crippen LogP contribution in [0.15, 0.2) is 73.1 Å². The third-order valence-corrected chi connectivity index (χ3v) is 7.12. The molecule has 188 valence electrons. The summed E-state index contributed by atoms with van der Waals surface area (Å²) < 4.78 is 25.5. The first-order valence-electron chi connectivity index (χ1n) is 12.4. The van der Waals surface area contributed by atoms with Crippen molar-refractivity contribution in [1.82, 2.24) is 4.98 Å². The van der Waals surface area contributed by atoms with Crippen LogP contribution < -0.4 is 9.47 Å². The van der Waals surface area contributed by atoms with Crippen molar-refractivity contribution in [3.05, 3.63) is 101 Å². The Morgan fingerprint density at radius 3 is 2.62 bits per heavy atom. The van der Waals surface area contributed by atoms with E-state index in [1.807, 2.05) is 36.4 Å². The standard InChI is InChI=1S/C31H28FNO4/c1-36-24-8-5-20(31(16-24)37-2)7-10-29(34)25-9-6-22(15-28(25)32)26-17-27(26)30(35)14-19-3-4-23-18-33-12-11-21(23)13-19/h3-6,8-9,11-13,15-16,18,26-27H,7,10,14,17H2,1-2H3/t26-,27+/m0/s1. The van der Waals surface area contributed by atoms with Gasteiger partial charge in [-0.1, -0.05) is 30.3 Å². The molecule has 6 heteroatoms. The van der Waals surface area contributed by atoms with Crippen molar-refractivity contribution in [2.45, 2.75) is 31.6 Å². The molecule has 2 atom stereocenters. The van der Waals surface area contributed by atoms with E-state index in [0.717, 1.165) is 27.5 Å². The van der Waals surface area contributed by atoms with Crippen LogP contribution >= 0.6 is 0 Å². The number of methoxy groups -OCH3 is 2. The van der Waals surface area contributed by atoms with Gasteiger partial charge in [0.05, 0.1) is 19.8 Å². The Morgan fingerprint density at radius 1 is 0.973 bits per heavy atom. The number of carbonyl (C=O) groups excluding carboxylic acids is 2. The fourth-order valence-electron chi connectivity index (χ4n) is 4.92. The summed E-state index contributed by atoms with van der Waals surface area (Å²) in [6, 6.07) is 18.1. The van der Waals surface area contributed by atoms with Crippen molar-refractivity contribution < 1.29 is 23.5 Å². The largest absolute Gasteiger partial charge is 0.497 e. The summed E-state index contributed by atoms with van der Waals surface area (Å²) in [5.74, 6) is 0.541. The number of halogens is 1. The van der Waals surface area contributed by atoms with Gasteiger partial charge >= 0.3 is 0 Å². The van der Waals surface area contributed by atoms with Crippen LogP contribution in [0, 0.1) is 11.7 Å². The molecule has 0 spiro atoms. The molecule has 1 aromatic heterocycles. The SMILES string of the molecule is COc1ccc(CCC(=O)c2ccc([C@@H]3C[C@H]3C(=O)Cc3ccc4cnccc4c3)cc2F)c(OC)c1. The number of ketones is 2. The molecule has 0 bridgehead atoms. The average molecular weight is 498 g/mol. The molecule has 1 heterocycles. The van der Waals surface area contributed by atoms with Crippen LogP contribution in [0.1, 0.15) is 45.8 Å². The molecule has 5 rings (SSSR count). The van der Waals surface area contributed by atoms with Crippen molar-refractivity contribution in [2.75, 3.05) is 14.2 Å². The number of ether oxygens (including phenoxy) is 2. The third-order valence-electron chi connectivity index (χ3n) is 7.12. The quantitative estimate of drug-likeness (QED) is 0.247. The Hall–Kier alpha value is -4.06. The van der Waals surface area contributed by atoms with Gasteiger partial charge in [-0.15, -0.1) is 0 Å². The molecule has 0 saturated heterocycles. The van der Waals surface area contributed by atoms with Crippen molar-refractivity contribution in [3.63, 3.8) is 0 Å². The zero-order valence-electron chi connectivity index (χ0n) is 20.9. The second kappa shape index (κ2) is 10.5. The van der Waals surface area contributed by atoms with Gasteiger partial charge in [0, 0.05) is 42.6 Å². The van der Waals surface area contributed by atoms with Crippen molar-refractivity contribution in [3.8, 4) is 11.5 Å². The van der Waals surface area contributed by atoms with E-state index < -0.39 is 5.82 Å². The fourth-order valence-corrected chi connectivity index (χ4v) is 4.92. The van der Waals surface area contributed by atoms with Crippen LogP contribution in [-0.2, 0) is 17.6 Å². The van der Waals surface area contributed by atoms with E-state index in [9.17, 15) is 14.0 Å². The smallest absolute Gasteiger partial charge is 0.166 e. The zero-order chi connectivity index (χ0) is 25.9. The molecule has 4 aromatic rings. The maximum atomic E-state index is 14.9. The molecule has 1 fully saturated rings. The number of aromatic nitrogens is 1. The number of hydrogen-bond donors (Lipinski definition) is 0. The van der Waals surface area contributed by atoms with Crippen LogP contribution in [-0.4, -0.2) is 30.8 Å². The fraction of sp³-hybridized carbons (Fsp3) is 0.258. The van der Waals surface area contributed by atoms with Gasteiger partial charge in [-0.05, 0) is 65.1 Å². The second-order valence-electron chi connectivity index (χ2n) is 9.49. The lowest BCUT2D eigenvalue weighted by Crippen LogP contribution is -2.07. The van der Waals surface area contributed by atoms with Gasteiger partial charge < -0.3 is 9.47 Å². The predicted octanol–water partition coefficient (Wildman–Crippen LogP) is 6.12. The molecule has 0 unspecified atom stereocenters. The van der Waals surface area contributed by atoms with Gasteiger partial charge in [-0.3, -0.25) is 14.6 Å². The zero-order valence-corrected chi connectivity index (χ0v) is 20.9. The highest BCUT2D eigenvalue weighted by Gasteiger charge is 2.43. The molecule has 1 aliphatic rings. The molecule has 0 radical (unpaired) electrons. The average Bonchev–Trinajstić information content (AvgIpc) is 3.73. The van der Waals surface area contributed by atoms with Crippen molar-refractivity contribution >= 4 is 22.3 Å². The van der Waals surface area contributed by atoms with Gasteiger partial charge in [-0.25, -0.2) is 4.39 Å². The molecule has 5 nitrogen and oxygen atoms in total. The number of aryl methyl sites for hydroxylation is 1. The minimum atomic E-state index is -0.537. The minimum Gasteiger partial charge on any atom is -0.497 e. The first kappa shape index (κ1) is 24.6. The number of rotatable bonds is 10. The summed E-state index contributed by atoms with van der Waals surface area (Å²) in [5.41, 5.74) is 2.67. The number of carbonyl (C=O) groups is 2. The highest BCUT2D eigenvalue weighted by molar-refractivity contribution is 5.96. The number of pyridine rings is 1. The highest BCUT2D eigenvalue weighted by atomic mass is 19.1. The molecular weight excluding hydrogens is 469 g/mol. The summed E-state index contributed by atoms with van der Waals surface area (Å²) in [4.78, 5) is 29.8. The highest BCUT2D eigenvalue weighted by Crippen LogP contribution is 2.48. The van der Waals surface area contributed by atoms with Gasteiger partial charge in [0.25, 0.3) is 0 Å². The lowest BCUT2D eigenvalue weighted by Gasteiger charge is -2.10. The number of hydrogen-bond acceptors (Lipinski definition) is 5. The van der Waals surface area contributed by atoms with E-state index in [-0.39, 0.29) is 35.4 Å². The minimum absolute atomic E-state index is 0.000584. The van der Waals surface area contributed by atoms with E-state index in [0.29, 0.717) is 30.8 Å². The number of Topliss-reactive ketones (excluding diaryl/α,β-unsaturated/α-hetero) is 2. The maximum absolute atomic E-state index is 14.9. The van der Waals surface area contributed by atoms with Crippen LogP contribution in [0.3, 0.4) is 0 Å².